The molecule has 13 rings (SSSR count). The van der Waals surface area contributed by atoms with Crippen LogP contribution in [-0.4, -0.2) is 24.1 Å². The first-order valence-electron chi connectivity index (χ1n) is 23.8. The Hall–Kier alpha value is -10.2. The fraction of sp³-hybridized carbons (Fsp3) is 0. The summed E-state index contributed by atoms with van der Waals surface area (Å²) in [6.07, 6.45) is 0. The van der Waals surface area contributed by atoms with Crippen LogP contribution in [0.4, 0.5) is 0 Å². The van der Waals surface area contributed by atoms with Crippen LogP contribution >= 0.6 is 0 Å². The van der Waals surface area contributed by atoms with E-state index in [4.69, 9.17) is 15.0 Å². The van der Waals surface area contributed by atoms with Crippen LogP contribution in [0.5, 0.6) is 0 Å². The number of hydrogen-bond donors (Lipinski definition) is 0. The summed E-state index contributed by atoms with van der Waals surface area (Å²) in [7, 11) is 0. The van der Waals surface area contributed by atoms with E-state index in [2.05, 4.69) is 149 Å². The highest BCUT2D eigenvalue weighted by atomic mass is 15.1. The lowest BCUT2D eigenvalue weighted by Crippen LogP contribution is -2.04. The van der Waals surface area contributed by atoms with E-state index in [0.29, 0.717) is 28.6 Å². The van der Waals surface area contributed by atoms with E-state index in [0.717, 1.165) is 99.7 Å². The Morgan fingerprint density at radius 2 is 0.778 bits per heavy atom. The quantitative estimate of drug-likeness (QED) is 0.151. The minimum absolute atomic E-state index is 0.515. The van der Waals surface area contributed by atoms with E-state index in [1.54, 1.807) is 0 Å². The summed E-state index contributed by atoms with van der Waals surface area (Å²) in [4.78, 5) is 15.9. The van der Waals surface area contributed by atoms with Crippen molar-refractivity contribution in [2.75, 3.05) is 0 Å². The van der Waals surface area contributed by atoms with Crippen molar-refractivity contribution >= 4 is 43.6 Å². The highest BCUT2D eigenvalue weighted by molar-refractivity contribution is 6.15. The number of benzene rings is 10. The summed E-state index contributed by atoms with van der Waals surface area (Å²) in [5.41, 5.74) is 15.7. The second-order valence-electron chi connectivity index (χ2n) is 17.8. The molecule has 0 fully saturated rings. The number of nitrogens with zero attached hydrogens (tertiary/aromatic N) is 7. The van der Waals surface area contributed by atoms with Gasteiger partial charge in [0.2, 0.25) is 0 Å². The van der Waals surface area contributed by atoms with Crippen LogP contribution in [0.3, 0.4) is 0 Å². The summed E-state index contributed by atoms with van der Waals surface area (Å²) in [6, 6.07) is 85.8. The van der Waals surface area contributed by atoms with Crippen molar-refractivity contribution in [3.63, 3.8) is 0 Å². The second-order valence-corrected chi connectivity index (χ2v) is 17.8. The van der Waals surface area contributed by atoms with Gasteiger partial charge in [-0.3, -0.25) is 0 Å². The molecular weight excluding hydrogens is 879 g/mol. The predicted molar refractivity (Wildman–Crippen MR) is 291 cm³/mol. The predicted octanol–water partition coefficient (Wildman–Crippen LogP) is 15.8. The van der Waals surface area contributed by atoms with Gasteiger partial charge < -0.3 is 9.13 Å². The van der Waals surface area contributed by atoms with E-state index in [1.165, 1.54) is 5.39 Å². The van der Waals surface area contributed by atoms with Crippen LogP contribution < -0.4 is 0 Å². The zero-order chi connectivity index (χ0) is 48.1. The number of fused-ring (bicyclic) bond motifs is 6. The Balaban J connectivity index is 1.15. The van der Waals surface area contributed by atoms with Crippen molar-refractivity contribution in [2.45, 2.75) is 0 Å². The minimum atomic E-state index is 0.515. The van der Waals surface area contributed by atoms with Crippen LogP contribution in [-0.2, 0) is 0 Å². The van der Waals surface area contributed by atoms with Crippen molar-refractivity contribution in [1.82, 2.24) is 24.1 Å². The molecule has 7 nitrogen and oxygen atoms in total. The molecule has 334 valence electrons. The lowest BCUT2D eigenvalue weighted by atomic mass is 9.98. The molecule has 0 N–H and O–H groups in total. The Bertz CT molecular complexity index is 4180. The largest absolute Gasteiger partial charge is 0.309 e. The topological polar surface area (TPSA) is 96.1 Å². The molecule has 0 radical (unpaired) electrons. The molecule has 0 aliphatic heterocycles. The van der Waals surface area contributed by atoms with Gasteiger partial charge in [0.15, 0.2) is 17.5 Å². The molecule has 0 amide bonds. The Labute approximate surface area is 415 Å². The van der Waals surface area contributed by atoms with E-state index >= 15 is 0 Å². The molecule has 0 bridgehead atoms. The smallest absolute Gasteiger partial charge is 0.166 e. The van der Waals surface area contributed by atoms with E-state index < -0.39 is 0 Å². The van der Waals surface area contributed by atoms with Crippen molar-refractivity contribution in [3.05, 3.63) is 248 Å². The maximum atomic E-state index is 9.93. The zero-order valence-corrected chi connectivity index (χ0v) is 38.6. The van der Waals surface area contributed by atoms with Gasteiger partial charge in [0, 0.05) is 49.5 Å². The molecule has 0 saturated heterocycles. The van der Waals surface area contributed by atoms with Gasteiger partial charge in [0.05, 0.1) is 51.0 Å². The average Bonchev–Trinajstić information content (AvgIpc) is 3.98. The molecular formula is C65H39N7. The molecule has 0 unspecified atom stereocenters. The fourth-order valence-electron chi connectivity index (χ4n) is 10.3. The van der Waals surface area contributed by atoms with Gasteiger partial charge in [-0.15, -0.1) is 0 Å². The van der Waals surface area contributed by atoms with E-state index in [9.17, 15) is 10.5 Å². The maximum Gasteiger partial charge on any atom is 0.166 e. The highest BCUT2D eigenvalue weighted by Gasteiger charge is 2.23. The number of nitriles is 2. The van der Waals surface area contributed by atoms with Gasteiger partial charge in [-0.05, 0) is 94.5 Å². The first-order valence-corrected chi connectivity index (χ1v) is 23.8. The monoisotopic (exact) mass is 917 g/mol. The lowest BCUT2D eigenvalue weighted by molar-refractivity contribution is 1.06. The van der Waals surface area contributed by atoms with Crippen LogP contribution in [0.2, 0.25) is 0 Å². The summed E-state index contributed by atoms with van der Waals surface area (Å²) in [6.45, 7) is 0. The van der Waals surface area contributed by atoms with Gasteiger partial charge >= 0.3 is 0 Å². The number of rotatable bonds is 8. The molecule has 0 saturated carbocycles. The molecule has 7 heteroatoms. The van der Waals surface area contributed by atoms with Gasteiger partial charge in [-0.2, -0.15) is 10.5 Å². The van der Waals surface area contributed by atoms with Gasteiger partial charge in [0.25, 0.3) is 0 Å². The minimum Gasteiger partial charge on any atom is -0.309 e. The Morgan fingerprint density at radius 3 is 1.38 bits per heavy atom. The summed E-state index contributed by atoms with van der Waals surface area (Å²) >= 11 is 0. The third-order valence-corrected chi connectivity index (χ3v) is 13.6. The van der Waals surface area contributed by atoms with Crippen LogP contribution in [0.15, 0.2) is 237 Å². The standard InChI is InChI=1S/C65H39N7/c66-40-42-15-12-21-46(35-42)48-29-32-54-55-33-30-49(47-22-13-16-43(36-47)41-67)39-61(55)72(60(54)38-48)59-34-31-50(52-26-14-27-56-53-25-10-11-28-58(53)71(62(52)56)51-23-8-3-9-24-51)37-57(59)65-69-63(44-17-4-1-5-18-44)68-64(70-65)45-19-6-2-7-20-45/h1-39H. The molecule has 0 aliphatic carbocycles. The normalized spacial score (nSPS) is 11.3. The SMILES string of the molecule is N#Cc1cccc(-c2ccc3c4ccc(-c5cccc(C#N)c5)cc4n(-c4ccc(-c5cccc6c7ccccc7n(-c7ccccc7)c56)cc4-c4nc(-c5ccccc5)nc(-c5ccccc5)n4)c3c2)c1. The molecule has 0 spiro atoms. The maximum absolute atomic E-state index is 9.93. The highest BCUT2D eigenvalue weighted by Crippen LogP contribution is 2.43. The van der Waals surface area contributed by atoms with Gasteiger partial charge in [-0.25, -0.2) is 15.0 Å². The zero-order valence-electron chi connectivity index (χ0n) is 38.6. The van der Waals surface area contributed by atoms with Crippen LogP contribution in [0.1, 0.15) is 11.1 Å². The summed E-state index contributed by atoms with van der Waals surface area (Å²) < 4.78 is 4.70. The molecule has 3 heterocycles. The molecule has 0 atom stereocenters. The third-order valence-electron chi connectivity index (χ3n) is 13.6. The van der Waals surface area contributed by atoms with Crippen molar-refractivity contribution in [3.8, 4) is 91.1 Å². The molecule has 13 aromatic rings. The number of para-hydroxylation sites is 3. The summed E-state index contributed by atoms with van der Waals surface area (Å²) in [5.74, 6) is 1.63. The lowest BCUT2D eigenvalue weighted by Gasteiger charge is -2.18. The average molecular weight is 918 g/mol. The fourth-order valence-corrected chi connectivity index (χ4v) is 10.3. The Kier molecular flexibility index (Phi) is 10.1. The van der Waals surface area contributed by atoms with Crippen LogP contribution in [0, 0.1) is 22.7 Å². The van der Waals surface area contributed by atoms with Gasteiger partial charge in [-0.1, -0.05) is 170 Å². The second kappa shape index (κ2) is 17.4. The Morgan fingerprint density at radius 1 is 0.306 bits per heavy atom. The molecule has 0 aliphatic rings. The first-order chi connectivity index (χ1) is 35.6. The van der Waals surface area contributed by atoms with Crippen LogP contribution in [0.25, 0.3) is 123 Å². The van der Waals surface area contributed by atoms with Crippen molar-refractivity contribution in [2.24, 2.45) is 0 Å². The molecule has 10 aromatic carbocycles. The van der Waals surface area contributed by atoms with E-state index in [1.807, 2.05) is 109 Å². The number of aromatic nitrogens is 5. The molecule has 72 heavy (non-hydrogen) atoms. The third kappa shape index (κ3) is 7.17. The molecule has 3 aromatic heterocycles. The summed E-state index contributed by atoms with van der Waals surface area (Å²) in [5, 5.41) is 24.3. The van der Waals surface area contributed by atoms with Crippen molar-refractivity contribution in [1.29, 1.82) is 10.5 Å². The van der Waals surface area contributed by atoms with Crippen molar-refractivity contribution < 1.29 is 0 Å². The van der Waals surface area contributed by atoms with E-state index in [-0.39, 0.29) is 0 Å². The first kappa shape index (κ1) is 41.9. The number of hydrogen-bond acceptors (Lipinski definition) is 5. The van der Waals surface area contributed by atoms with Gasteiger partial charge in [0.1, 0.15) is 0 Å².